The molecule has 0 spiro atoms. The molecule has 0 saturated heterocycles. The van der Waals surface area contributed by atoms with Gasteiger partial charge in [0.2, 0.25) is 0 Å². The van der Waals surface area contributed by atoms with E-state index in [1.54, 1.807) is 11.3 Å². The molecular formula is C13H12O2S. The van der Waals surface area contributed by atoms with Gasteiger partial charge in [0.1, 0.15) is 0 Å². The molecule has 0 amide bonds. The number of aromatic carboxylic acids is 1. The van der Waals surface area contributed by atoms with Crippen LogP contribution in [0.2, 0.25) is 0 Å². The number of thiophene rings is 1. The molecule has 2 nitrogen and oxygen atoms in total. The fraction of sp³-hybridized carbons (Fsp3) is 0.154. The zero-order chi connectivity index (χ0) is 11.7. The van der Waals surface area contributed by atoms with Gasteiger partial charge in [0, 0.05) is 4.88 Å². The van der Waals surface area contributed by atoms with Gasteiger partial charge in [-0.15, -0.1) is 11.3 Å². The van der Waals surface area contributed by atoms with Crippen molar-refractivity contribution in [2.75, 3.05) is 0 Å². The van der Waals surface area contributed by atoms with Crippen LogP contribution in [-0.2, 0) is 0 Å². The summed E-state index contributed by atoms with van der Waals surface area (Å²) in [5, 5.41) is 11.1. The molecule has 1 heterocycles. The lowest BCUT2D eigenvalue weighted by molar-refractivity contribution is 0.0695. The van der Waals surface area contributed by atoms with Gasteiger partial charge in [-0.05, 0) is 54.1 Å². The van der Waals surface area contributed by atoms with Crippen molar-refractivity contribution >= 4 is 17.3 Å². The lowest BCUT2D eigenvalue weighted by Crippen LogP contribution is -2.03. The number of hydrogen-bond donors (Lipinski definition) is 1. The second kappa shape index (κ2) is 4.10. The summed E-state index contributed by atoms with van der Waals surface area (Å²) in [5.41, 5.74) is 3.14. The van der Waals surface area contributed by atoms with Crippen molar-refractivity contribution in [2.45, 2.75) is 13.8 Å². The predicted octanol–water partition coefficient (Wildman–Crippen LogP) is 3.73. The van der Waals surface area contributed by atoms with E-state index in [0.29, 0.717) is 5.56 Å². The van der Waals surface area contributed by atoms with Crippen molar-refractivity contribution in [1.29, 1.82) is 0 Å². The molecule has 3 heteroatoms. The molecule has 16 heavy (non-hydrogen) atoms. The van der Waals surface area contributed by atoms with E-state index in [1.807, 2.05) is 43.5 Å². The van der Waals surface area contributed by atoms with Gasteiger partial charge in [0.05, 0.1) is 5.56 Å². The van der Waals surface area contributed by atoms with Crippen LogP contribution in [0, 0.1) is 13.8 Å². The first-order valence-electron chi connectivity index (χ1n) is 4.98. The number of carboxylic acid groups (broad SMARTS) is 1. The summed E-state index contributed by atoms with van der Waals surface area (Å²) in [4.78, 5) is 12.2. The topological polar surface area (TPSA) is 37.3 Å². The Morgan fingerprint density at radius 2 is 1.88 bits per heavy atom. The monoisotopic (exact) mass is 232 g/mol. The minimum Gasteiger partial charge on any atom is -0.478 e. The Morgan fingerprint density at radius 3 is 2.31 bits per heavy atom. The highest BCUT2D eigenvalue weighted by molar-refractivity contribution is 7.13. The van der Waals surface area contributed by atoms with Crippen molar-refractivity contribution in [3.63, 3.8) is 0 Å². The van der Waals surface area contributed by atoms with Crippen LogP contribution in [0.4, 0.5) is 0 Å². The zero-order valence-electron chi connectivity index (χ0n) is 9.15. The van der Waals surface area contributed by atoms with Crippen LogP contribution in [-0.4, -0.2) is 11.1 Å². The summed E-state index contributed by atoms with van der Waals surface area (Å²) < 4.78 is 0. The smallest absolute Gasteiger partial charge is 0.336 e. The maximum Gasteiger partial charge on any atom is 0.336 e. The minimum atomic E-state index is -0.854. The standard InChI is InChI=1S/C13H12O2S/c1-8-6-10(11-4-3-5-16-11)7-9(2)12(8)13(14)15/h3-7H,1-2H3,(H,14,15). The molecule has 1 aromatic carbocycles. The Labute approximate surface area is 98.2 Å². The van der Waals surface area contributed by atoms with Crippen LogP contribution in [0.15, 0.2) is 29.6 Å². The van der Waals surface area contributed by atoms with E-state index >= 15 is 0 Å². The summed E-state index contributed by atoms with van der Waals surface area (Å²) >= 11 is 1.66. The normalized spacial score (nSPS) is 10.4. The van der Waals surface area contributed by atoms with Gasteiger partial charge >= 0.3 is 5.97 Å². The molecule has 0 aliphatic rings. The van der Waals surface area contributed by atoms with Crippen LogP contribution in [0.3, 0.4) is 0 Å². The van der Waals surface area contributed by atoms with Gasteiger partial charge in [-0.1, -0.05) is 6.07 Å². The largest absolute Gasteiger partial charge is 0.478 e. The SMILES string of the molecule is Cc1cc(-c2cccs2)cc(C)c1C(=O)O. The quantitative estimate of drug-likeness (QED) is 0.856. The van der Waals surface area contributed by atoms with Gasteiger partial charge in [0.25, 0.3) is 0 Å². The van der Waals surface area contributed by atoms with Gasteiger partial charge in [-0.3, -0.25) is 0 Å². The lowest BCUT2D eigenvalue weighted by atomic mass is 9.99. The van der Waals surface area contributed by atoms with Crippen molar-refractivity contribution in [3.8, 4) is 10.4 Å². The molecule has 0 aliphatic carbocycles. The van der Waals surface area contributed by atoms with Crippen molar-refractivity contribution in [3.05, 3.63) is 46.3 Å². The van der Waals surface area contributed by atoms with E-state index in [2.05, 4.69) is 0 Å². The highest BCUT2D eigenvalue weighted by Crippen LogP contribution is 2.28. The number of aryl methyl sites for hydroxylation is 2. The summed E-state index contributed by atoms with van der Waals surface area (Å²) in [5.74, 6) is -0.854. The fourth-order valence-corrected chi connectivity index (χ4v) is 2.60. The van der Waals surface area contributed by atoms with Gasteiger partial charge in [-0.2, -0.15) is 0 Å². The summed E-state index contributed by atoms with van der Waals surface area (Å²) in [7, 11) is 0. The van der Waals surface area contributed by atoms with E-state index in [-0.39, 0.29) is 0 Å². The average Bonchev–Trinajstić information content (AvgIpc) is 2.67. The van der Waals surface area contributed by atoms with E-state index in [9.17, 15) is 4.79 Å². The number of rotatable bonds is 2. The average molecular weight is 232 g/mol. The Balaban J connectivity index is 2.58. The van der Waals surface area contributed by atoms with Gasteiger partial charge in [-0.25, -0.2) is 4.79 Å². The van der Waals surface area contributed by atoms with Crippen LogP contribution in [0.5, 0.6) is 0 Å². The third-order valence-electron chi connectivity index (χ3n) is 2.55. The Bertz CT molecular complexity index is 504. The van der Waals surface area contributed by atoms with Crippen LogP contribution < -0.4 is 0 Å². The molecule has 2 aromatic rings. The van der Waals surface area contributed by atoms with Crippen LogP contribution in [0.1, 0.15) is 21.5 Å². The van der Waals surface area contributed by atoms with Gasteiger partial charge < -0.3 is 5.11 Å². The van der Waals surface area contributed by atoms with Gasteiger partial charge in [0.15, 0.2) is 0 Å². The molecule has 0 fully saturated rings. The third-order valence-corrected chi connectivity index (χ3v) is 3.47. The lowest BCUT2D eigenvalue weighted by Gasteiger charge is -2.08. The molecule has 0 radical (unpaired) electrons. The van der Waals surface area contributed by atoms with E-state index in [1.165, 1.54) is 4.88 Å². The van der Waals surface area contributed by atoms with Crippen LogP contribution >= 0.6 is 11.3 Å². The van der Waals surface area contributed by atoms with Crippen molar-refractivity contribution in [2.24, 2.45) is 0 Å². The number of carbonyl (C=O) groups is 1. The van der Waals surface area contributed by atoms with Crippen molar-refractivity contribution in [1.82, 2.24) is 0 Å². The highest BCUT2D eigenvalue weighted by atomic mass is 32.1. The van der Waals surface area contributed by atoms with Crippen LogP contribution in [0.25, 0.3) is 10.4 Å². The summed E-state index contributed by atoms with van der Waals surface area (Å²) in [6.45, 7) is 3.68. The number of hydrogen-bond acceptors (Lipinski definition) is 2. The molecule has 1 aromatic heterocycles. The Kier molecular flexibility index (Phi) is 2.79. The third kappa shape index (κ3) is 1.86. The molecule has 0 atom stereocenters. The van der Waals surface area contributed by atoms with E-state index < -0.39 is 5.97 Å². The summed E-state index contributed by atoms with van der Waals surface area (Å²) in [6.07, 6.45) is 0. The number of carboxylic acids is 1. The first kappa shape index (κ1) is 10.9. The molecule has 82 valence electrons. The molecule has 0 saturated carbocycles. The second-order valence-corrected chi connectivity index (χ2v) is 4.72. The maximum atomic E-state index is 11.0. The molecule has 0 aliphatic heterocycles. The molecule has 2 rings (SSSR count). The minimum absolute atomic E-state index is 0.417. The fourth-order valence-electron chi connectivity index (χ4n) is 1.89. The first-order chi connectivity index (χ1) is 7.59. The second-order valence-electron chi connectivity index (χ2n) is 3.77. The Hall–Kier alpha value is -1.61. The zero-order valence-corrected chi connectivity index (χ0v) is 9.97. The van der Waals surface area contributed by atoms with Crippen molar-refractivity contribution < 1.29 is 9.90 Å². The Morgan fingerprint density at radius 1 is 1.25 bits per heavy atom. The maximum absolute atomic E-state index is 11.0. The molecule has 0 unspecified atom stereocenters. The molecule has 1 N–H and O–H groups in total. The number of benzene rings is 1. The van der Waals surface area contributed by atoms with E-state index in [4.69, 9.17) is 5.11 Å². The predicted molar refractivity (Wildman–Crippen MR) is 66.2 cm³/mol. The summed E-state index contributed by atoms with van der Waals surface area (Å²) in [6, 6.07) is 7.90. The van der Waals surface area contributed by atoms with E-state index in [0.717, 1.165) is 16.7 Å². The highest BCUT2D eigenvalue weighted by Gasteiger charge is 2.12. The molecule has 0 bridgehead atoms. The molecular weight excluding hydrogens is 220 g/mol. The first-order valence-corrected chi connectivity index (χ1v) is 5.86.